The fourth-order valence-electron chi connectivity index (χ4n) is 2.52. The zero-order valence-electron chi connectivity index (χ0n) is 15.0. The van der Waals surface area contributed by atoms with E-state index in [1.165, 1.54) is 25.5 Å². The third-order valence-electron chi connectivity index (χ3n) is 3.95. The zero-order chi connectivity index (χ0) is 20.3. The fourth-order valence-corrected chi connectivity index (χ4v) is 3.16. The minimum absolute atomic E-state index is 0.189. The van der Waals surface area contributed by atoms with Gasteiger partial charge in [0, 0.05) is 16.9 Å². The molecule has 0 aliphatic carbocycles. The first-order valence-electron chi connectivity index (χ1n) is 8.19. The molecule has 0 radical (unpaired) electrons. The lowest BCUT2D eigenvalue weighted by Crippen LogP contribution is -2.14. The van der Waals surface area contributed by atoms with Gasteiger partial charge in [-0.2, -0.15) is 0 Å². The molecule has 0 aliphatic heterocycles. The summed E-state index contributed by atoms with van der Waals surface area (Å²) < 4.78 is 10.2. The van der Waals surface area contributed by atoms with Crippen LogP contribution in [0.25, 0.3) is 0 Å². The number of carbonyl (C=O) groups excluding carboxylic acids is 2. The first-order chi connectivity index (χ1) is 13.4. The summed E-state index contributed by atoms with van der Waals surface area (Å²) in [4.78, 5) is 24.7. The first-order valence-corrected chi connectivity index (χ1v) is 8.94. The van der Waals surface area contributed by atoms with Crippen LogP contribution in [-0.4, -0.2) is 18.9 Å². The number of aryl methyl sites for hydroxylation is 1. The number of benzene rings is 2. The number of hydrogen-bond donors (Lipinski definition) is 2. The predicted molar refractivity (Wildman–Crippen MR) is 109 cm³/mol. The van der Waals surface area contributed by atoms with Crippen molar-refractivity contribution in [2.75, 3.05) is 17.7 Å². The highest BCUT2D eigenvalue weighted by molar-refractivity contribution is 6.37. The van der Waals surface area contributed by atoms with Crippen molar-refractivity contribution in [1.82, 2.24) is 0 Å². The summed E-state index contributed by atoms with van der Waals surface area (Å²) in [6, 6.07) is 11.3. The highest BCUT2D eigenvalue weighted by atomic mass is 35.5. The van der Waals surface area contributed by atoms with E-state index < -0.39 is 5.91 Å². The van der Waals surface area contributed by atoms with Gasteiger partial charge in [-0.3, -0.25) is 9.59 Å². The van der Waals surface area contributed by atoms with Crippen molar-refractivity contribution in [2.45, 2.75) is 6.92 Å². The fraction of sp³-hybridized carbons (Fsp3) is 0.100. The molecule has 2 aromatic carbocycles. The Balaban J connectivity index is 1.80. The number of nitrogens with one attached hydrogen (secondary N) is 2. The number of hydrogen-bond acceptors (Lipinski definition) is 4. The van der Waals surface area contributed by atoms with Gasteiger partial charge in [-0.1, -0.05) is 29.3 Å². The van der Waals surface area contributed by atoms with Crippen molar-refractivity contribution < 1.29 is 18.7 Å². The van der Waals surface area contributed by atoms with Crippen molar-refractivity contribution in [3.05, 3.63) is 75.7 Å². The van der Waals surface area contributed by atoms with Gasteiger partial charge in [0.05, 0.1) is 23.4 Å². The number of ether oxygens (including phenoxy) is 1. The highest BCUT2D eigenvalue weighted by Gasteiger charge is 2.15. The van der Waals surface area contributed by atoms with Crippen LogP contribution in [0.2, 0.25) is 10.0 Å². The number of methoxy groups -OCH3 is 1. The maximum absolute atomic E-state index is 12.6. The summed E-state index contributed by atoms with van der Waals surface area (Å²) in [6.45, 7) is 1.84. The van der Waals surface area contributed by atoms with E-state index in [2.05, 4.69) is 10.6 Å². The van der Waals surface area contributed by atoms with Gasteiger partial charge in [-0.25, -0.2) is 0 Å². The van der Waals surface area contributed by atoms with E-state index in [0.29, 0.717) is 17.1 Å². The highest BCUT2D eigenvalue weighted by Crippen LogP contribution is 2.34. The number of halogens is 2. The van der Waals surface area contributed by atoms with Crippen LogP contribution in [-0.2, 0) is 0 Å². The Hall–Kier alpha value is -2.96. The molecule has 1 aromatic heterocycles. The monoisotopic (exact) mass is 418 g/mol. The molecule has 0 aliphatic rings. The molecule has 3 aromatic rings. The lowest BCUT2D eigenvalue weighted by molar-refractivity contribution is 0.0995. The number of anilines is 2. The minimum Gasteiger partial charge on any atom is -0.494 e. The quantitative estimate of drug-likeness (QED) is 0.580. The summed E-state index contributed by atoms with van der Waals surface area (Å²) in [7, 11) is 1.44. The van der Waals surface area contributed by atoms with Crippen LogP contribution < -0.4 is 15.4 Å². The molecule has 2 N–H and O–H groups in total. The van der Waals surface area contributed by atoms with Crippen LogP contribution in [0.3, 0.4) is 0 Å². The topological polar surface area (TPSA) is 80.6 Å². The largest absolute Gasteiger partial charge is 0.494 e. The molecule has 1 heterocycles. The molecule has 0 saturated heterocycles. The SMILES string of the molecule is COc1c(Cl)cc(C(=O)Nc2cc(NC(=O)c3ccco3)ccc2C)cc1Cl. The molecule has 0 fully saturated rings. The lowest BCUT2D eigenvalue weighted by Gasteiger charge is -2.12. The molecular formula is C20H16Cl2N2O4. The average molecular weight is 419 g/mol. The third kappa shape index (κ3) is 4.30. The van der Waals surface area contributed by atoms with E-state index in [4.69, 9.17) is 32.4 Å². The first kappa shape index (κ1) is 19.8. The van der Waals surface area contributed by atoms with Gasteiger partial charge in [0.15, 0.2) is 11.5 Å². The van der Waals surface area contributed by atoms with Gasteiger partial charge < -0.3 is 19.8 Å². The van der Waals surface area contributed by atoms with E-state index in [-0.39, 0.29) is 27.3 Å². The number of amides is 2. The molecule has 3 rings (SSSR count). The van der Waals surface area contributed by atoms with Crippen LogP contribution >= 0.6 is 23.2 Å². The molecule has 6 nitrogen and oxygen atoms in total. The van der Waals surface area contributed by atoms with Crippen molar-refractivity contribution in [3.8, 4) is 5.75 Å². The van der Waals surface area contributed by atoms with E-state index >= 15 is 0 Å². The Bertz CT molecular complexity index is 1010. The second kappa shape index (κ2) is 8.37. The average Bonchev–Trinajstić information content (AvgIpc) is 3.19. The molecular weight excluding hydrogens is 403 g/mol. The van der Waals surface area contributed by atoms with Gasteiger partial charge in [-0.15, -0.1) is 0 Å². The number of rotatable bonds is 5. The summed E-state index contributed by atoms with van der Waals surface area (Å²) in [6.07, 6.45) is 1.42. The minimum atomic E-state index is -0.399. The molecule has 0 unspecified atom stereocenters. The molecule has 2 amide bonds. The summed E-state index contributed by atoms with van der Waals surface area (Å²) >= 11 is 12.2. The predicted octanol–water partition coefficient (Wildman–Crippen LogP) is 5.41. The molecule has 0 bridgehead atoms. The summed E-state index contributed by atoms with van der Waals surface area (Å²) in [5.41, 5.74) is 2.13. The maximum atomic E-state index is 12.6. The van der Waals surface area contributed by atoms with Gasteiger partial charge >= 0.3 is 0 Å². The Morgan fingerprint density at radius 2 is 1.71 bits per heavy atom. The summed E-state index contributed by atoms with van der Waals surface area (Å²) in [5, 5.41) is 5.98. The Labute approximate surface area is 171 Å². The Morgan fingerprint density at radius 3 is 2.32 bits per heavy atom. The Kier molecular flexibility index (Phi) is 5.92. The number of furan rings is 1. The van der Waals surface area contributed by atoms with Crippen molar-refractivity contribution in [3.63, 3.8) is 0 Å². The smallest absolute Gasteiger partial charge is 0.291 e. The molecule has 0 spiro atoms. The molecule has 28 heavy (non-hydrogen) atoms. The van der Waals surface area contributed by atoms with Crippen LogP contribution in [0.4, 0.5) is 11.4 Å². The van der Waals surface area contributed by atoms with Crippen LogP contribution in [0, 0.1) is 6.92 Å². The van der Waals surface area contributed by atoms with Crippen molar-refractivity contribution in [2.24, 2.45) is 0 Å². The van der Waals surface area contributed by atoms with Crippen LogP contribution in [0.1, 0.15) is 26.5 Å². The van der Waals surface area contributed by atoms with E-state index in [9.17, 15) is 9.59 Å². The maximum Gasteiger partial charge on any atom is 0.291 e. The molecule has 0 atom stereocenters. The summed E-state index contributed by atoms with van der Waals surface area (Å²) in [5.74, 6) is -0.295. The molecule has 8 heteroatoms. The van der Waals surface area contributed by atoms with E-state index in [1.807, 2.05) is 6.92 Å². The van der Waals surface area contributed by atoms with Crippen LogP contribution in [0.5, 0.6) is 5.75 Å². The van der Waals surface area contributed by atoms with Gasteiger partial charge in [0.25, 0.3) is 11.8 Å². The Morgan fingerprint density at radius 1 is 1.00 bits per heavy atom. The van der Waals surface area contributed by atoms with Gasteiger partial charge in [-0.05, 0) is 48.9 Å². The normalized spacial score (nSPS) is 10.4. The molecule has 144 valence electrons. The zero-order valence-corrected chi connectivity index (χ0v) is 16.5. The van der Waals surface area contributed by atoms with Gasteiger partial charge in [0.1, 0.15) is 0 Å². The van der Waals surface area contributed by atoms with Crippen LogP contribution in [0.15, 0.2) is 53.1 Å². The number of carbonyl (C=O) groups is 2. The van der Waals surface area contributed by atoms with Gasteiger partial charge in [0.2, 0.25) is 0 Å². The standard InChI is InChI=1S/C20H16Cl2N2O4/c1-11-5-6-13(23-20(26)17-4-3-7-28-17)10-16(11)24-19(25)12-8-14(21)18(27-2)15(22)9-12/h3-10H,1-2H3,(H,23,26)(H,24,25). The molecule has 0 saturated carbocycles. The van der Waals surface area contributed by atoms with Crippen molar-refractivity contribution >= 4 is 46.4 Å². The van der Waals surface area contributed by atoms with E-state index in [0.717, 1.165) is 5.56 Å². The second-order valence-corrected chi connectivity index (χ2v) is 6.70. The van der Waals surface area contributed by atoms with Crippen molar-refractivity contribution in [1.29, 1.82) is 0 Å². The van der Waals surface area contributed by atoms with E-state index in [1.54, 1.807) is 30.3 Å². The lowest BCUT2D eigenvalue weighted by atomic mass is 10.1. The third-order valence-corrected chi connectivity index (χ3v) is 4.51. The second-order valence-electron chi connectivity index (χ2n) is 5.89.